The van der Waals surface area contributed by atoms with Gasteiger partial charge in [0.1, 0.15) is 19.3 Å². The third-order valence-electron chi connectivity index (χ3n) is 16.3. The van der Waals surface area contributed by atoms with Crippen molar-refractivity contribution in [1.29, 1.82) is 0 Å². The van der Waals surface area contributed by atoms with Gasteiger partial charge in [-0.15, -0.1) is 0 Å². The number of phosphoric ester groups is 2. The molecule has 0 rings (SSSR count). The molecule has 0 saturated heterocycles. The lowest BCUT2D eigenvalue weighted by atomic mass is 10.1. The first-order valence-electron chi connectivity index (χ1n) is 40.1. The standard InChI is InChI=1S/C85H142O17P2/c1-5-9-13-17-21-25-29-32-35-38-39-42-44-47-51-54-58-62-66-70-82(87)95-75-80(101-84(89)71-67-63-59-55-49-28-24-20-16-12-8-4)77-99-103(91,92)97-73-79(86)74-98-104(93,94)100-78-81(102-85(90)72-68-64-60-56-52-48-45-41-37-34-31-27-23-19-15-11-7-3)76-96-83(88)69-65-61-57-53-50-46-43-40-36-33-30-26-22-18-14-10-6-2/h10-11,14-15,21-23,25-27,32-37,39,42-43,45-46,48,53,57,79-81,86H,5-9,12-13,16-20,24,28-31,38,40-41,44,47,49-52,54-56,58-78H2,1-4H3,(H,91,92)(H,93,94)/b14-10-,15-11-,25-21-,26-22-,27-23-,35-32-,36-33-,37-34-,42-39-,46-43-,48-45-,57-53-. The summed E-state index contributed by atoms with van der Waals surface area (Å²) in [7, 11) is -9.99. The molecule has 0 aromatic rings. The molecule has 0 saturated carbocycles. The molecule has 5 atom stereocenters. The van der Waals surface area contributed by atoms with Crippen LogP contribution in [0.5, 0.6) is 0 Å². The quantitative estimate of drug-likeness (QED) is 0.0169. The second-order valence-corrected chi connectivity index (χ2v) is 29.2. The molecule has 19 heteroatoms. The fourth-order valence-corrected chi connectivity index (χ4v) is 11.8. The number of phosphoric acid groups is 2. The Bertz CT molecular complexity index is 2540. The van der Waals surface area contributed by atoms with Crippen LogP contribution in [0.3, 0.4) is 0 Å². The molecule has 594 valence electrons. The Morgan fingerprint density at radius 1 is 0.279 bits per heavy atom. The Morgan fingerprint density at radius 3 is 0.827 bits per heavy atom. The molecule has 104 heavy (non-hydrogen) atoms. The lowest BCUT2D eigenvalue weighted by molar-refractivity contribution is -0.161. The summed E-state index contributed by atoms with van der Waals surface area (Å²) in [6.07, 6.45) is 86.9. The Kier molecular flexibility index (Phi) is 72.4. The molecular weight excluding hydrogens is 1350 g/mol. The molecule has 0 radical (unpaired) electrons. The number of carbonyl (C=O) groups is 4. The summed E-state index contributed by atoms with van der Waals surface area (Å²) in [5, 5.41) is 10.6. The van der Waals surface area contributed by atoms with Gasteiger partial charge < -0.3 is 33.8 Å². The van der Waals surface area contributed by atoms with E-state index in [2.05, 4.69) is 161 Å². The second kappa shape index (κ2) is 76.1. The van der Waals surface area contributed by atoms with Gasteiger partial charge in [0, 0.05) is 25.7 Å². The van der Waals surface area contributed by atoms with Gasteiger partial charge in [0.25, 0.3) is 0 Å². The fraction of sp³-hybridized carbons (Fsp3) is 0.671. The van der Waals surface area contributed by atoms with Gasteiger partial charge >= 0.3 is 39.5 Å². The molecule has 3 N–H and O–H groups in total. The van der Waals surface area contributed by atoms with Crippen LogP contribution in [0.25, 0.3) is 0 Å². The summed E-state index contributed by atoms with van der Waals surface area (Å²) in [5.41, 5.74) is 0. The highest BCUT2D eigenvalue weighted by atomic mass is 31.2. The van der Waals surface area contributed by atoms with Crippen LogP contribution in [0.4, 0.5) is 0 Å². The van der Waals surface area contributed by atoms with Crippen LogP contribution in [0.1, 0.15) is 310 Å². The minimum absolute atomic E-state index is 0.0505. The number of carbonyl (C=O) groups excluding carboxylic acids is 4. The van der Waals surface area contributed by atoms with E-state index in [4.69, 9.17) is 37.0 Å². The Hall–Kier alpha value is -5.06. The zero-order valence-corrected chi connectivity index (χ0v) is 66.7. The average Bonchev–Trinajstić information content (AvgIpc) is 0.930. The first-order valence-corrected chi connectivity index (χ1v) is 43.1. The van der Waals surface area contributed by atoms with E-state index < -0.39 is 97.5 Å². The number of hydrogen-bond donors (Lipinski definition) is 3. The number of aliphatic hydroxyl groups excluding tert-OH is 1. The van der Waals surface area contributed by atoms with E-state index >= 15 is 0 Å². The van der Waals surface area contributed by atoms with Crippen LogP contribution < -0.4 is 0 Å². The van der Waals surface area contributed by atoms with Crippen LogP contribution in [0.15, 0.2) is 146 Å². The van der Waals surface area contributed by atoms with E-state index in [0.29, 0.717) is 32.1 Å². The minimum Gasteiger partial charge on any atom is -0.462 e. The van der Waals surface area contributed by atoms with E-state index in [1.165, 1.54) is 57.8 Å². The first kappa shape index (κ1) is 98.9. The molecule has 0 aromatic heterocycles. The van der Waals surface area contributed by atoms with Crippen LogP contribution in [0.2, 0.25) is 0 Å². The number of aliphatic hydroxyl groups is 1. The molecule has 0 amide bonds. The van der Waals surface area contributed by atoms with E-state index in [1.807, 2.05) is 12.2 Å². The lowest BCUT2D eigenvalue weighted by Gasteiger charge is -2.21. The van der Waals surface area contributed by atoms with E-state index in [0.717, 1.165) is 167 Å². The summed E-state index contributed by atoms with van der Waals surface area (Å²) < 4.78 is 68.5. The number of rotatable bonds is 74. The minimum atomic E-state index is -5.00. The van der Waals surface area contributed by atoms with E-state index in [-0.39, 0.29) is 25.7 Å². The van der Waals surface area contributed by atoms with Gasteiger partial charge in [0.15, 0.2) is 12.2 Å². The summed E-state index contributed by atoms with van der Waals surface area (Å²) in [6, 6.07) is 0. The van der Waals surface area contributed by atoms with Crippen LogP contribution >= 0.6 is 15.6 Å². The molecule has 0 bridgehead atoms. The zero-order chi connectivity index (χ0) is 76.0. The van der Waals surface area contributed by atoms with Crippen LogP contribution in [0, 0.1) is 0 Å². The molecule has 0 aliphatic heterocycles. The van der Waals surface area contributed by atoms with E-state index in [9.17, 15) is 43.2 Å². The Balaban J connectivity index is 5.41. The van der Waals surface area contributed by atoms with Crippen molar-refractivity contribution in [1.82, 2.24) is 0 Å². The number of unbranched alkanes of at least 4 members (excludes halogenated alkanes) is 24. The van der Waals surface area contributed by atoms with E-state index in [1.54, 1.807) is 0 Å². The largest absolute Gasteiger partial charge is 0.472 e. The SMILES string of the molecule is CC/C=C\C/C=C\C/C=C\C/C=C\C/C=C\CCCC(=O)OCC(COP(=O)(O)OCC(O)COP(=O)(O)OCC(COC(=O)CCCCCCCC/C=C\C/C=C\C/C=C\CCCCC)OC(=O)CCCCCCCCCCCCC)OC(=O)CCCCCC/C=C\C/C=C\C/C=C\C/C=C\CC. The van der Waals surface area contributed by atoms with Crippen LogP contribution in [-0.4, -0.2) is 96.7 Å². The molecule has 0 aliphatic carbocycles. The van der Waals surface area contributed by atoms with Gasteiger partial charge in [0.05, 0.1) is 26.4 Å². The number of esters is 4. The maximum Gasteiger partial charge on any atom is 0.472 e. The number of allylic oxidation sites excluding steroid dienone is 24. The summed E-state index contributed by atoms with van der Waals surface area (Å²) >= 11 is 0. The molecule has 0 heterocycles. The van der Waals surface area contributed by atoms with Gasteiger partial charge in [0.2, 0.25) is 0 Å². The molecule has 0 aromatic carbocycles. The van der Waals surface area contributed by atoms with Crippen molar-refractivity contribution in [3.05, 3.63) is 146 Å². The smallest absolute Gasteiger partial charge is 0.462 e. The molecule has 5 unspecified atom stereocenters. The molecule has 0 aliphatic rings. The van der Waals surface area contributed by atoms with Crippen molar-refractivity contribution in [2.75, 3.05) is 39.6 Å². The summed E-state index contributed by atoms with van der Waals surface area (Å²) in [4.78, 5) is 73.0. The van der Waals surface area contributed by atoms with Crippen molar-refractivity contribution >= 4 is 39.5 Å². The van der Waals surface area contributed by atoms with Crippen molar-refractivity contribution in [2.24, 2.45) is 0 Å². The maximum absolute atomic E-state index is 13.1. The second-order valence-electron chi connectivity index (χ2n) is 26.2. The molecular formula is C85H142O17P2. The van der Waals surface area contributed by atoms with Gasteiger partial charge in [-0.3, -0.25) is 37.3 Å². The van der Waals surface area contributed by atoms with Crippen LogP contribution in [-0.2, 0) is 65.4 Å². The third-order valence-corrected chi connectivity index (χ3v) is 18.2. The Labute approximate surface area is 630 Å². The van der Waals surface area contributed by atoms with Crippen molar-refractivity contribution < 1.29 is 80.2 Å². The molecule has 0 spiro atoms. The number of ether oxygens (including phenoxy) is 4. The average molecular weight is 1500 g/mol. The number of hydrogen-bond acceptors (Lipinski definition) is 15. The van der Waals surface area contributed by atoms with Gasteiger partial charge in [-0.1, -0.05) is 289 Å². The highest BCUT2D eigenvalue weighted by molar-refractivity contribution is 7.47. The Morgan fingerprint density at radius 2 is 0.510 bits per heavy atom. The van der Waals surface area contributed by atoms with Gasteiger partial charge in [-0.05, 0) is 141 Å². The molecule has 0 fully saturated rings. The third kappa shape index (κ3) is 75.2. The fourth-order valence-electron chi connectivity index (χ4n) is 10.3. The van der Waals surface area contributed by atoms with Gasteiger partial charge in [-0.25, -0.2) is 9.13 Å². The normalized spacial score (nSPS) is 14.6. The monoisotopic (exact) mass is 1500 g/mol. The highest BCUT2D eigenvalue weighted by Gasteiger charge is 2.30. The zero-order valence-electron chi connectivity index (χ0n) is 64.9. The first-order chi connectivity index (χ1) is 50.7. The van der Waals surface area contributed by atoms with Crippen molar-refractivity contribution in [2.45, 2.75) is 329 Å². The topological polar surface area (TPSA) is 237 Å². The lowest BCUT2D eigenvalue weighted by Crippen LogP contribution is -2.30. The summed E-state index contributed by atoms with van der Waals surface area (Å²) in [6.45, 7) is 4.51. The predicted molar refractivity (Wildman–Crippen MR) is 427 cm³/mol. The highest BCUT2D eigenvalue weighted by Crippen LogP contribution is 2.45. The summed E-state index contributed by atoms with van der Waals surface area (Å²) in [5.74, 6) is -2.28. The maximum atomic E-state index is 13.1. The van der Waals surface area contributed by atoms with Gasteiger partial charge in [-0.2, -0.15) is 0 Å². The predicted octanol–water partition coefficient (Wildman–Crippen LogP) is 23.4. The van der Waals surface area contributed by atoms with Crippen molar-refractivity contribution in [3.63, 3.8) is 0 Å². The molecule has 17 nitrogen and oxygen atoms in total. The van der Waals surface area contributed by atoms with Crippen molar-refractivity contribution in [3.8, 4) is 0 Å².